The van der Waals surface area contributed by atoms with Crippen molar-refractivity contribution in [2.75, 3.05) is 39.4 Å². The van der Waals surface area contributed by atoms with Crippen molar-refractivity contribution in [1.82, 2.24) is 4.90 Å². The first-order valence-electron chi connectivity index (χ1n) is 7.86. The Labute approximate surface area is 126 Å². The van der Waals surface area contributed by atoms with Gasteiger partial charge in [-0.25, -0.2) is 0 Å². The number of morpholine rings is 1. The maximum Gasteiger partial charge on any atom is 0.0594 e. The van der Waals surface area contributed by atoms with Crippen molar-refractivity contribution in [3.05, 3.63) is 48.0 Å². The number of hydrogen-bond donors (Lipinski definition) is 1. The summed E-state index contributed by atoms with van der Waals surface area (Å²) in [4.78, 5) is 2.48. The second-order valence-corrected chi connectivity index (χ2v) is 5.74. The minimum Gasteiger partial charge on any atom is -0.379 e. The van der Waals surface area contributed by atoms with E-state index in [1.54, 1.807) is 0 Å². The summed E-state index contributed by atoms with van der Waals surface area (Å²) in [7, 11) is 0. The zero-order valence-electron chi connectivity index (χ0n) is 12.5. The lowest BCUT2D eigenvalue weighted by Crippen LogP contribution is -2.37. The Morgan fingerprint density at radius 1 is 1.05 bits per heavy atom. The molecule has 3 nitrogen and oxygen atoms in total. The summed E-state index contributed by atoms with van der Waals surface area (Å²) in [6.45, 7) is 5.63. The van der Waals surface area contributed by atoms with Gasteiger partial charge in [0.15, 0.2) is 0 Å². The fourth-order valence-corrected chi connectivity index (χ4v) is 3.17. The summed E-state index contributed by atoms with van der Waals surface area (Å²) in [5.74, 6) is 0.430. The lowest BCUT2D eigenvalue weighted by molar-refractivity contribution is 0.0366. The standard InChI is InChI=1S/C18H24N2O/c19-14-16(8-9-20-10-12-21-13-11-20)18-7-3-5-15-4-1-2-6-17(15)18/h1-7,16H,8-14,19H2/t16-/m1/s1. The van der Waals surface area contributed by atoms with Crippen LogP contribution in [0.4, 0.5) is 0 Å². The van der Waals surface area contributed by atoms with Gasteiger partial charge in [-0.3, -0.25) is 4.90 Å². The van der Waals surface area contributed by atoms with Crippen molar-refractivity contribution in [1.29, 1.82) is 0 Å². The summed E-state index contributed by atoms with van der Waals surface area (Å²) in [5.41, 5.74) is 7.46. The van der Waals surface area contributed by atoms with Crippen LogP contribution in [-0.4, -0.2) is 44.3 Å². The van der Waals surface area contributed by atoms with Gasteiger partial charge in [-0.2, -0.15) is 0 Å². The number of fused-ring (bicyclic) bond motifs is 1. The summed E-state index contributed by atoms with van der Waals surface area (Å²) in [6, 6.07) is 15.2. The van der Waals surface area contributed by atoms with E-state index >= 15 is 0 Å². The molecule has 0 aromatic heterocycles. The molecular weight excluding hydrogens is 260 g/mol. The third-order valence-corrected chi connectivity index (χ3v) is 4.45. The number of nitrogens with two attached hydrogens (primary N) is 1. The summed E-state index contributed by atoms with van der Waals surface area (Å²) in [5, 5.41) is 2.65. The van der Waals surface area contributed by atoms with Gasteiger partial charge >= 0.3 is 0 Å². The van der Waals surface area contributed by atoms with E-state index in [0.717, 1.165) is 39.3 Å². The largest absolute Gasteiger partial charge is 0.379 e. The molecule has 0 saturated carbocycles. The van der Waals surface area contributed by atoms with E-state index in [1.165, 1.54) is 16.3 Å². The van der Waals surface area contributed by atoms with E-state index < -0.39 is 0 Å². The molecule has 112 valence electrons. The highest BCUT2D eigenvalue weighted by molar-refractivity contribution is 5.86. The summed E-state index contributed by atoms with van der Waals surface area (Å²) in [6.07, 6.45) is 1.12. The SMILES string of the molecule is NC[C@@H](CCN1CCOCC1)c1cccc2ccccc12. The lowest BCUT2D eigenvalue weighted by atomic mass is 9.91. The average molecular weight is 284 g/mol. The van der Waals surface area contributed by atoms with Gasteiger partial charge in [0.1, 0.15) is 0 Å². The molecular formula is C18H24N2O. The van der Waals surface area contributed by atoms with Crippen molar-refractivity contribution < 1.29 is 4.74 Å². The van der Waals surface area contributed by atoms with Gasteiger partial charge in [0.25, 0.3) is 0 Å². The fourth-order valence-electron chi connectivity index (χ4n) is 3.17. The molecule has 1 fully saturated rings. The molecule has 3 heteroatoms. The zero-order valence-corrected chi connectivity index (χ0v) is 12.5. The Hall–Kier alpha value is -1.42. The van der Waals surface area contributed by atoms with Crippen molar-refractivity contribution in [3.63, 3.8) is 0 Å². The molecule has 0 bridgehead atoms. The van der Waals surface area contributed by atoms with Crippen LogP contribution in [0.1, 0.15) is 17.9 Å². The Kier molecular flexibility index (Phi) is 4.86. The first kappa shape index (κ1) is 14.5. The number of rotatable bonds is 5. The van der Waals surface area contributed by atoms with Crippen molar-refractivity contribution in [2.45, 2.75) is 12.3 Å². The van der Waals surface area contributed by atoms with Gasteiger partial charge in [0.2, 0.25) is 0 Å². The minimum absolute atomic E-state index is 0.430. The molecule has 0 aliphatic carbocycles. The molecule has 1 saturated heterocycles. The molecule has 3 rings (SSSR count). The Bertz CT molecular complexity index is 573. The van der Waals surface area contributed by atoms with Crippen LogP contribution in [0.25, 0.3) is 10.8 Å². The van der Waals surface area contributed by atoms with E-state index in [4.69, 9.17) is 10.5 Å². The molecule has 2 N–H and O–H groups in total. The molecule has 0 amide bonds. The quantitative estimate of drug-likeness (QED) is 0.917. The van der Waals surface area contributed by atoms with E-state index in [9.17, 15) is 0 Å². The highest BCUT2D eigenvalue weighted by Gasteiger charge is 2.16. The van der Waals surface area contributed by atoms with Crippen LogP contribution in [-0.2, 0) is 4.74 Å². The van der Waals surface area contributed by atoms with Crippen LogP contribution in [0.2, 0.25) is 0 Å². The van der Waals surface area contributed by atoms with Crippen LogP contribution in [0.15, 0.2) is 42.5 Å². The van der Waals surface area contributed by atoms with Crippen molar-refractivity contribution in [3.8, 4) is 0 Å². The first-order chi connectivity index (χ1) is 10.4. The second kappa shape index (κ2) is 7.03. The smallest absolute Gasteiger partial charge is 0.0594 e. The van der Waals surface area contributed by atoms with Crippen LogP contribution in [0.3, 0.4) is 0 Å². The predicted octanol–water partition coefficient (Wildman–Crippen LogP) is 2.60. The van der Waals surface area contributed by atoms with Crippen LogP contribution in [0.5, 0.6) is 0 Å². The molecule has 0 unspecified atom stereocenters. The minimum atomic E-state index is 0.430. The van der Waals surface area contributed by atoms with Gasteiger partial charge in [-0.05, 0) is 41.8 Å². The van der Waals surface area contributed by atoms with E-state index in [2.05, 4.69) is 47.4 Å². The predicted molar refractivity (Wildman–Crippen MR) is 87.6 cm³/mol. The normalized spacial score (nSPS) is 18.0. The van der Waals surface area contributed by atoms with Crippen LogP contribution in [0, 0.1) is 0 Å². The molecule has 1 atom stereocenters. The highest BCUT2D eigenvalue weighted by atomic mass is 16.5. The monoisotopic (exact) mass is 284 g/mol. The topological polar surface area (TPSA) is 38.5 Å². The third kappa shape index (κ3) is 3.43. The number of ether oxygens (including phenoxy) is 1. The van der Waals surface area contributed by atoms with E-state index in [-0.39, 0.29) is 0 Å². The lowest BCUT2D eigenvalue weighted by Gasteiger charge is -2.28. The average Bonchev–Trinajstić information content (AvgIpc) is 2.56. The van der Waals surface area contributed by atoms with E-state index in [0.29, 0.717) is 12.5 Å². The van der Waals surface area contributed by atoms with Gasteiger partial charge in [-0.1, -0.05) is 42.5 Å². The number of nitrogens with zero attached hydrogens (tertiary/aromatic N) is 1. The van der Waals surface area contributed by atoms with Gasteiger partial charge in [0, 0.05) is 13.1 Å². The Morgan fingerprint density at radius 2 is 1.81 bits per heavy atom. The molecule has 21 heavy (non-hydrogen) atoms. The number of hydrogen-bond acceptors (Lipinski definition) is 3. The summed E-state index contributed by atoms with van der Waals surface area (Å²) >= 11 is 0. The molecule has 1 aliphatic heterocycles. The third-order valence-electron chi connectivity index (χ3n) is 4.45. The zero-order chi connectivity index (χ0) is 14.5. The van der Waals surface area contributed by atoms with Gasteiger partial charge < -0.3 is 10.5 Å². The molecule has 1 aliphatic rings. The Morgan fingerprint density at radius 3 is 2.62 bits per heavy atom. The van der Waals surface area contributed by atoms with Crippen LogP contribution >= 0.6 is 0 Å². The fraction of sp³-hybridized carbons (Fsp3) is 0.444. The van der Waals surface area contributed by atoms with Gasteiger partial charge in [0.05, 0.1) is 13.2 Å². The molecule has 2 aromatic rings. The molecule has 0 spiro atoms. The number of benzene rings is 2. The highest BCUT2D eigenvalue weighted by Crippen LogP contribution is 2.27. The maximum absolute atomic E-state index is 6.07. The first-order valence-corrected chi connectivity index (χ1v) is 7.86. The van der Waals surface area contributed by atoms with E-state index in [1.807, 2.05) is 0 Å². The van der Waals surface area contributed by atoms with Crippen LogP contribution < -0.4 is 5.73 Å². The Balaban J connectivity index is 1.75. The molecule has 2 aromatic carbocycles. The van der Waals surface area contributed by atoms with Crippen molar-refractivity contribution in [2.24, 2.45) is 5.73 Å². The maximum atomic E-state index is 6.07. The van der Waals surface area contributed by atoms with Crippen molar-refractivity contribution >= 4 is 10.8 Å². The molecule has 0 radical (unpaired) electrons. The second-order valence-electron chi connectivity index (χ2n) is 5.74. The summed E-state index contributed by atoms with van der Waals surface area (Å²) < 4.78 is 5.41. The van der Waals surface area contributed by atoms with Gasteiger partial charge in [-0.15, -0.1) is 0 Å². The molecule has 1 heterocycles.